The molecule has 0 aromatic heterocycles. The first-order valence-corrected chi connectivity index (χ1v) is 6.66. The lowest BCUT2D eigenvalue weighted by Gasteiger charge is -2.33. The molecular formula is C12H19N3O5. The second-order valence-corrected chi connectivity index (χ2v) is 5.36. The minimum atomic E-state index is -1.11. The van der Waals surface area contributed by atoms with Crippen molar-refractivity contribution in [3.63, 3.8) is 0 Å². The summed E-state index contributed by atoms with van der Waals surface area (Å²) in [4.78, 5) is 37.3. The number of β-amino-alcohol motifs (C(OH)–C–C–N with tert-alkyl or cyclic N) is 1. The Bertz CT molecular complexity index is 427. The second kappa shape index (κ2) is 5.66. The standard InChI is InChI=1S/C12H19N3O5/c13-12(20)14-3-1-2-7(5-14)10(17)15-6-8(16)4-9(15)11(18)19/h7-9,16H,1-6H2,(H2,13,20)(H,18,19)/t7?,8-,9-/m0/s1. The first-order valence-electron chi connectivity index (χ1n) is 6.66. The molecule has 1 unspecified atom stereocenters. The molecular weight excluding hydrogens is 266 g/mol. The molecule has 0 aromatic carbocycles. The number of hydrogen-bond acceptors (Lipinski definition) is 4. The molecule has 3 amide bonds. The lowest BCUT2D eigenvalue weighted by Crippen LogP contribution is -2.50. The maximum Gasteiger partial charge on any atom is 0.326 e. The number of nitrogens with zero attached hydrogens (tertiary/aromatic N) is 2. The third kappa shape index (κ3) is 2.84. The van der Waals surface area contributed by atoms with E-state index in [9.17, 15) is 19.5 Å². The van der Waals surface area contributed by atoms with Crippen molar-refractivity contribution in [2.24, 2.45) is 11.7 Å². The Morgan fingerprint density at radius 1 is 1.20 bits per heavy atom. The highest BCUT2D eigenvalue weighted by atomic mass is 16.4. The number of rotatable bonds is 2. The predicted molar refractivity (Wildman–Crippen MR) is 67.6 cm³/mol. The molecule has 3 atom stereocenters. The number of carbonyl (C=O) groups is 3. The summed E-state index contributed by atoms with van der Waals surface area (Å²) in [6, 6.07) is -1.56. The van der Waals surface area contributed by atoms with Gasteiger partial charge in [-0.2, -0.15) is 0 Å². The van der Waals surface area contributed by atoms with Gasteiger partial charge in [0.25, 0.3) is 0 Å². The number of amides is 3. The molecule has 2 saturated heterocycles. The summed E-state index contributed by atoms with van der Waals surface area (Å²) < 4.78 is 0. The summed E-state index contributed by atoms with van der Waals surface area (Å²) in [5.41, 5.74) is 5.21. The fourth-order valence-electron chi connectivity index (χ4n) is 2.90. The van der Waals surface area contributed by atoms with Gasteiger partial charge >= 0.3 is 12.0 Å². The number of carboxylic acid groups (broad SMARTS) is 1. The van der Waals surface area contributed by atoms with Crippen LogP contribution in [0.2, 0.25) is 0 Å². The Hall–Kier alpha value is -1.83. The van der Waals surface area contributed by atoms with Crippen molar-refractivity contribution >= 4 is 17.9 Å². The zero-order valence-corrected chi connectivity index (χ0v) is 11.1. The van der Waals surface area contributed by atoms with E-state index < -0.39 is 30.1 Å². The van der Waals surface area contributed by atoms with Crippen molar-refractivity contribution in [3.05, 3.63) is 0 Å². The minimum Gasteiger partial charge on any atom is -0.480 e. The first-order chi connectivity index (χ1) is 9.40. The molecule has 2 aliphatic rings. The van der Waals surface area contributed by atoms with Gasteiger partial charge in [0.15, 0.2) is 0 Å². The number of nitrogens with two attached hydrogens (primary N) is 1. The number of carbonyl (C=O) groups excluding carboxylic acids is 2. The Morgan fingerprint density at radius 2 is 1.90 bits per heavy atom. The molecule has 0 aliphatic carbocycles. The fraction of sp³-hybridized carbons (Fsp3) is 0.750. The van der Waals surface area contributed by atoms with Gasteiger partial charge in [-0.05, 0) is 12.8 Å². The largest absolute Gasteiger partial charge is 0.480 e. The third-order valence-corrected chi connectivity index (χ3v) is 3.93. The normalized spacial score (nSPS) is 30.4. The van der Waals surface area contributed by atoms with Crippen molar-refractivity contribution in [1.29, 1.82) is 0 Å². The lowest BCUT2D eigenvalue weighted by atomic mass is 9.96. The van der Waals surface area contributed by atoms with E-state index in [4.69, 9.17) is 10.8 Å². The SMILES string of the molecule is NC(=O)N1CCCC(C(=O)N2C[C@@H](O)C[C@H]2C(=O)O)C1. The quantitative estimate of drug-likeness (QED) is 0.589. The van der Waals surface area contributed by atoms with Gasteiger partial charge in [0, 0.05) is 26.1 Å². The number of hydrogen-bond donors (Lipinski definition) is 3. The molecule has 0 bridgehead atoms. The van der Waals surface area contributed by atoms with Crippen LogP contribution in [0.1, 0.15) is 19.3 Å². The number of carboxylic acids is 1. The number of likely N-dealkylation sites (tertiary alicyclic amines) is 2. The van der Waals surface area contributed by atoms with Gasteiger partial charge in [-0.3, -0.25) is 4.79 Å². The van der Waals surface area contributed by atoms with Gasteiger partial charge in [0.2, 0.25) is 5.91 Å². The molecule has 4 N–H and O–H groups in total. The van der Waals surface area contributed by atoms with Gasteiger partial charge in [0.1, 0.15) is 6.04 Å². The summed E-state index contributed by atoms with van der Waals surface area (Å²) in [6.07, 6.45) is 0.499. The highest BCUT2D eigenvalue weighted by Crippen LogP contribution is 2.25. The van der Waals surface area contributed by atoms with Crippen LogP contribution >= 0.6 is 0 Å². The van der Waals surface area contributed by atoms with Crippen LogP contribution in [-0.2, 0) is 9.59 Å². The number of aliphatic hydroxyl groups is 1. The van der Waals surface area contributed by atoms with Crippen LogP contribution in [0.25, 0.3) is 0 Å². The molecule has 0 spiro atoms. The van der Waals surface area contributed by atoms with Crippen LogP contribution < -0.4 is 5.73 Å². The van der Waals surface area contributed by atoms with Crippen molar-refractivity contribution in [3.8, 4) is 0 Å². The van der Waals surface area contributed by atoms with Crippen molar-refractivity contribution < 1.29 is 24.6 Å². The van der Waals surface area contributed by atoms with E-state index in [0.717, 1.165) is 0 Å². The van der Waals surface area contributed by atoms with Crippen molar-refractivity contribution in [2.75, 3.05) is 19.6 Å². The van der Waals surface area contributed by atoms with Crippen LogP contribution in [-0.4, -0.2) is 69.7 Å². The van der Waals surface area contributed by atoms with Crippen LogP contribution in [0.5, 0.6) is 0 Å². The van der Waals surface area contributed by atoms with E-state index in [1.54, 1.807) is 0 Å². The maximum atomic E-state index is 12.4. The molecule has 2 heterocycles. The molecule has 0 radical (unpaired) electrons. The van der Waals surface area contributed by atoms with Gasteiger partial charge in [-0.1, -0.05) is 0 Å². The zero-order valence-electron chi connectivity index (χ0n) is 11.1. The summed E-state index contributed by atoms with van der Waals surface area (Å²) >= 11 is 0. The summed E-state index contributed by atoms with van der Waals surface area (Å²) in [5.74, 6) is -1.87. The predicted octanol–water partition coefficient (Wildman–Crippen LogP) is -1.18. The van der Waals surface area contributed by atoms with Crippen LogP contribution in [0, 0.1) is 5.92 Å². The Balaban J connectivity index is 2.06. The minimum absolute atomic E-state index is 0.0306. The second-order valence-electron chi connectivity index (χ2n) is 5.36. The average molecular weight is 285 g/mol. The van der Waals surface area contributed by atoms with Gasteiger partial charge in [-0.25, -0.2) is 9.59 Å². The molecule has 0 saturated carbocycles. The molecule has 2 fully saturated rings. The molecule has 8 nitrogen and oxygen atoms in total. The highest BCUT2D eigenvalue weighted by molar-refractivity contribution is 5.86. The van der Waals surface area contributed by atoms with E-state index in [0.29, 0.717) is 19.4 Å². The molecule has 20 heavy (non-hydrogen) atoms. The third-order valence-electron chi connectivity index (χ3n) is 3.93. The molecule has 112 valence electrons. The Morgan fingerprint density at radius 3 is 2.50 bits per heavy atom. The van der Waals surface area contributed by atoms with E-state index in [1.807, 2.05) is 0 Å². The Labute approximate surface area is 116 Å². The monoisotopic (exact) mass is 285 g/mol. The van der Waals surface area contributed by atoms with Crippen molar-refractivity contribution in [1.82, 2.24) is 9.80 Å². The summed E-state index contributed by atoms with van der Waals surface area (Å²) in [5, 5.41) is 18.7. The smallest absolute Gasteiger partial charge is 0.326 e. The van der Waals surface area contributed by atoms with Crippen LogP contribution in [0.3, 0.4) is 0 Å². The van der Waals surface area contributed by atoms with Crippen LogP contribution in [0.4, 0.5) is 4.79 Å². The summed E-state index contributed by atoms with van der Waals surface area (Å²) in [6.45, 7) is 0.764. The number of aliphatic hydroxyl groups excluding tert-OH is 1. The van der Waals surface area contributed by atoms with E-state index >= 15 is 0 Å². The van der Waals surface area contributed by atoms with Gasteiger partial charge in [-0.15, -0.1) is 0 Å². The number of piperidine rings is 1. The number of primary amides is 1. The first kappa shape index (κ1) is 14.6. The Kier molecular flexibility index (Phi) is 4.12. The van der Waals surface area contributed by atoms with E-state index in [2.05, 4.69) is 0 Å². The lowest BCUT2D eigenvalue weighted by molar-refractivity contribution is -0.150. The van der Waals surface area contributed by atoms with Gasteiger partial charge < -0.3 is 25.7 Å². The average Bonchev–Trinajstić information content (AvgIpc) is 2.80. The fourth-order valence-corrected chi connectivity index (χ4v) is 2.90. The number of aliphatic carboxylic acids is 1. The zero-order chi connectivity index (χ0) is 14.9. The highest BCUT2D eigenvalue weighted by Gasteiger charge is 2.42. The topological polar surface area (TPSA) is 124 Å². The number of urea groups is 1. The van der Waals surface area contributed by atoms with Crippen molar-refractivity contribution in [2.45, 2.75) is 31.4 Å². The van der Waals surface area contributed by atoms with Crippen LogP contribution in [0.15, 0.2) is 0 Å². The maximum absolute atomic E-state index is 12.4. The molecule has 8 heteroatoms. The van der Waals surface area contributed by atoms with Gasteiger partial charge in [0.05, 0.1) is 12.0 Å². The summed E-state index contributed by atoms with van der Waals surface area (Å²) in [7, 11) is 0. The molecule has 2 aliphatic heterocycles. The molecule has 2 rings (SSSR count). The van der Waals surface area contributed by atoms with E-state index in [1.165, 1.54) is 9.80 Å². The molecule has 0 aromatic rings. The van der Waals surface area contributed by atoms with E-state index in [-0.39, 0.29) is 25.4 Å².